The molecule has 0 saturated heterocycles. The first-order valence-corrected chi connectivity index (χ1v) is 23.4. The zero-order valence-corrected chi connectivity index (χ0v) is 36.6. The Bertz CT molecular complexity index is 1050. The van der Waals surface area contributed by atoms with Crippen LogP contribution in [0.15, 0.2) is 23.8 Å². The van der Waals surface area contributed by atoms with E-state index in [1.54, 1.807) is 5.57 Å². The molecular weight excluding hydrogens is 651 g/mol. The molecular formula is C49H89NO3. The predicted molar refractivity (Wildman–Crippen MR) is 227 cm³/mol. The normalized spacial score (nSPS) is 31.1. The number of ether oxygens (including phenoxy) is 3. The van der Waals surface area contributed by atoms with Crippen LogP contribution in [0.1, 0.15) is 183 Å². The second-order valence-electron chi connectivity index (χ2n) is 19.7. The molecule has 1 unspecified atom stereocenters. The summed E-state index contributed by atoms with van der Waals surface area (Å²) in [6.07, 6.45) is 36.8. The number of allylic oxidation sites excluding steroid dienone is 3. The molecule has 3 saturated carbocycles. The van der Waals surface area contributed by atoms with Crippen molar-refractivity contribution in [3.63, 3.8) is 0 Å². The van der Waals surface area contributed by atoms with Gasteiger partial charge in [-0.1, -0.05) is 117 Å². The number of hydrogen-bond donors (Lipinski definition) is 0. The molecule has 3 fully saturated rings. The van der Waals surface area contributed by atoms with Crippen LogP contribution < -0.4 is 0 Å². The van der Waals surface area contributed by atoms with E-state index in [1.807, 2.05) is 0 Å². The van der Waals surface area contributed by atoms with Crippen LogP contribution in [0, 0.1) is 46.3 Å². The summed E-state index contributed by atoms with van der Waals surface area (Å²) < 4.78 is 18.7. The van der Waals surface area contributed by atoms with Gasteiger partial charge in [0.1, 0.15) is 0 Å². The zero-order chi connectivity index (χ0) is 38.1. The average molecular weight is 740 g/mol. The molecule has 0 spiro atoms. The van der Waals surface area contributed by atoms with E-state index in [-0.39, 0.29) is 0 Å². The first-order chi connectivity index (χ1) is 25.6. The highest BCUT2D eigenvalue weighted by Crippen LogP contribution is 2.67. The molecule has 4 rings (SSSR count). The van der Waals surface area contributed by atoms with Crippen molar-refractivity contribution in [2.45, 2.75) is 195 Å². The summed E-state index contributed by atoms with van der Waals surface area (Å²) in [5.41, 5.74) is 2.79. The molecule has 4 heteroatoms. The van der Waals surface area contributed by atoms with Crippen molar-refractivity contribution in [2.24, 2.45) is 46.3 Å². The third-order valence-corrected chi connectivity index (χ3v) is 15.2. The molecule has 4 nitrogen and oxygen atoms in total. The second kappa shape index (κ2) is 23.5. The van der Waals surface area contributed by atoms with Gasteiger partial charge in [-0.2, -0.15) is 0 Å². The van der Waals surface area contributed by atoms with E-state index in [0.717, 1.165) is 87.8 Å². The van der Waals surface area contributed by atoms with Gasteiger partial charge in [-0.15, -0.1) is 0 Å². The molecule has 0 heterocycles. The quantitative estimate of drug-likeness (QED) is 0.0620. The summed E-state index contributed by atoms with van der Waals surface area (Å²) in [7, 11) is 4.27. The van der Waals surface area contributed by atoms with E-state index >= 15 is 0 Å². The van der Waals surface area contributed by atoms with Gasteiger partial charge in [0.05, 0.1) is 25.4 Å². The van der Waals surface area contributed by atoms with E-state index in [1.165, 1.54) is 122 Å². The number of fused-ring (bicyclic) bond motifs is 5. The molecule has 308 valence electrons. The highest BCUT2D eigenvalue weighted by molar-refractivity contribution is 5.25. The van der Waals surface area contributed by atoms with Gasteiger partial charge in [0, 0.05) is 19.8 Å². The van der Waals surface area contributed by atoms with Crippen LogP contribution in [-0.4, -0.2) is 64.2 Å². The number of rotatable bonds is 27. The third-order valence-electron chi connectivity index (χ3n) is 15.2. The summed E-state index contributed by atoms with van der Waals surface area (Å²) in [5, 5.41) is 0. The topological polar surface area (TPSA) is 30.9 Å². The minimum absolute atomic E-state index is 0.330. The van der Waals surface area contributed by atoms with Crippen molar-refractivity contribution < 1.29 is 14.2 Å². The van der Waals surface area contributed by atoms with E-state index in [9.17, 15) is 0 Å². The molecule has 9 atom stereocenters. The van der Waals surface area contributed by atoms with Crippen LogP contribution in [-0.2, 0) is 14.2 Å². The Morgan fingerprint density at radius 2 is 1.45 bits per heavy atom. The van der Waals surface area contributed by atoms with Gasteiger partial charge >= 0.3 is 0 Å². The lowest BCUT2D eigenvalue weighted by atomic mass is 9.47. The maximum Gasteiger partial charge on any atom is 0.0644 e. The summed E-state index contributed by atoms with van der Waals surface area (Å²) in [6, 6.07) is 0.330. The van der Waals surface area contributed by atoms with Crippen molar-refractivity contribution in [1.29, 1.82) is 0 Å². The van der Waals surface area contributed by atoms with Gasteiger partial charge in [-0.3, -0.25) is 0 Å². The number of unbranched alkanes of at least 4 members (excludes halogenated alkanes) is 8. The minimum Gasteiger partial charge on any atom is -0.380 e. The van der Waals surface area contributed by atoms with Crippen molar-refractivity contribution >= 4 is 0 Å². The lowest BCUT2D eigenvalue weighted by Crippen LogP contribution is -2.51. The fourth-order valence-corrected chi connectivity index (χ4v) is 11.7. The number of nitrogens with zero attached hydrogens (tertiary/aromatic N) is 1. The van der Waals surface area contributed by atoms with E-state index < -0.39 is 0 Å². The van der Waals surface area contributed by atoms with Crippen LogP contribution in [0.4, 0.5) is 0 Å². The number of likely N-dealkylation sites (N-methyl/N-ethyl adjacent to an activating group) is 1. The molecule has 0 aromatic heterocycles. The van der Waals surface area contributed by atoms with Crippen molar-refractivity contribution in [3.05, 3.63) is 23.8 Å². The van der Waals surface area contributed by atoms with E-state index in [2.05, 4.69) is 78.8 Å². The standard InChI is InChI=1S/C49H89NO3/c1-9-10-11-12-13-14-16-19-33-51-37-42(50(7)8)38-52-34-20-17-15-18-21-35-53-43-29-31-48(5)41(36-43)25-26-44-46-28-27-45(40(4)24-22-23-39(2)3)49(46,6)32-30-47(44)48/h13-14,25,39-40,42-47H,9-12,15-24,26-38H2,1-8H3/b14-13-/t40-,42-,43?,44+,45-,46+,47+,48+,49-/m1/s1. The molecule has 0 amide bonds. The maximum atomic E-state index is 6.57. The Morgan fingerprint density at radius 3 is 2.17 bits per heavy atom. The Hall–Kier alpha value is -0.680. The van der Waals surface area contributed by atoms with Crippen LogP contribution >= 0.6 is 0 Å². The average Bonchev–Trinajstić information content (AvgIpc) is 3.49. The highest BCUT2D eigenvalue weighted by Gasteiger charge is 2.59. The second-order valence-corrected chi connectivity index (χ2v) is 19.7. The van der Waals surface area contributed by atoms with Crippen LogP contribution in [0.5, 0.6) is 0 Å². The molecule has 0 radical (unpaired) electrons. The predicted octanol–water partition coefficient (Wildman–Crippen LogP) is 13.2. The smallest absolute Gasteiger partial charge is 0.0644 e. The lowest BCUT2D eigenvalue weighted by molar-refractivity contribution is -0.0641. The van der Waals surface area contributed by atoms with E-state index in [4.69, 9.17) is 14.2 Å². The first-order valence-electron chi connectivity index (χ1n) is 23.4. The zero-order valence-electron chi connectivity index (χ0n) is 36.6. The van der Waals surface area contributed by atoms with Crippen molar-refractivity contribution in [2.75, 3.05) is 47.1 Å². The monoisotopic (exact) mass is 740 g/mol. The molecule has 0 aromatic carbocycles. The molecule has 0 bridgehead atoms. The Labute approximate surface area is 330 Å². The van der Waals surface area contributed by atoms with Gasteiger partial charge in [0.2, 0.25) is 0 Å². The molecule has 4 aliphatic rings. The number of hydrogen-bond acceptors (Lipinski definition) is 4. The fraction of sp³-hybridized carbons (Fsp3) is 0.918. The molecule has 0 N–H and O–H groups in total. The minimum atomic E-state index is 0.330. The third kappa shape index (κ3) is 13.5. The summed E-state index contributed by atoms with van der Waals surface area (Å²) in [6.45, 7) is 19.2. The van der Waals surface area contributed by atoms with Crippen molar-refractivity contribution in [1.82, 2.24) is 4.90 Å². The molecule has 0 aliphatic heterocycles. The summed E-state index contributed by atoms with van der Waals surface area (Å²) in [5.74, 6) is 5.49. The van der Waals surface area contributed by atoms with Gasteiger partial charge in [-0.25, -0.2) is 0 Å². The van der Waals surface area contributed by atoms with Gasteiger partial charge < -0.3 is 19.1 Å². The molecule has 0 aromatic rings. The molecule has 53 heavy (non-hydrogen) atoms. The van der Waals surface area contributed by atoms with Gasteiger partial charge in [0.15, 0.2) is 0 Å². The van der Waals surface area contributed by atoms with Gasteiger partial charge in [0.25, 0.3) is 0 Å². The SMILES string of the molecule is CCCCC/C=C\CCCOC[C@H](COCCCCCCCOC1CC[C@@]2(C)C(=CC[C@H]3[C@@H]4CC[C@H]([C@H](C)CCCC(C)C)[C@@]4(C)CC[C@@H]32)C1)N(C)C. The van der Waals surface area contributed by atoms with Crippen LogP contribution in [0.25, 0.3) is 0 Å². The highest BCUT2D eigenvalue weighted by atomic mass is 16.5. The van der Waals surface area contributed by atoms with Crippen LogP contribution in [0.3, 0.4) is 0 Å². The van der Waals surface area contributed by atoms with Crippen molar-refractivity contribution in [3.8, 4) is 0 Å². The Morgan fingerprint density at radius 1 is 0.755 bits per heavy atom. The maximum absolute atomic E-state index is 6.57. The van der Waals surface area contributed by atoms with E-state index in [0.29, 0.717) is 23.0 Å². The molecule has 4 aliphatic carbocycles. The Kier molecular flexibility index (Phi) is 20.0. The van der Waals surface area contributed by atoms with Gasteiger partial charge in [-0.05, 0) is 150 Å². The largest absolute Gasteiger partial charge is 0.380 e. The Balaban J connectivity index is 1.05. The first kappa shape index (κ1) is 45.0. The summed E-state index contributed by atoms with van der Waals surface area (Å²) in [4.78, 5) is 2.24. The van der Waals surface area contributed by atoms with Crippen LogP contribution in [0.2, 0.25) is 0 Å². The fourth-order valence-electron chi connectivity index (χ4n) is 11.7. The summed E-state index contributed by atoms with van der Waals surface area (Å²) >= 11 is 0. The lowest BCUT2D eigenvalue weighted by Gasteiger charge is -2.58.